The molecular weight excluding hydrogens is 244 g/mol. The highest BCUT2D eigenvalue weighted by atomic mass is 16.5. The number of carbonyl (C=O) groups excluding carboxylic acids is 1. The first kappa shape index (κ1) is 15.7. The quantitative estimate of drug-likeness (QED) is 0.730. The summed E-state index contributed by atoms with van der Waals surface area (Å²) in [7, 11) is 1.35. The van der Waals surface area contributed by atoms with Gasteiger partial charge in [0.15, 0.2) is 0 Å². The molecular formula is C14H24N2O3. The molecule has 0 fully saturated rings. The van der Waals surface area contributed by atoms with Gasteiger partial charge in [-0.3, -0.25) is 0 Å². The van der Waals surface area contributed by atoms with Crippen molar-refractivity contribution in [3.63, 3.8) is 0 Å². The Morgan fingerprint density at radius 3 is 2.74 bits per heavy atom. The van der Waals surface area contributed by atoms with E-state index in [1.54, 1.807) is 6.07 Å². The van der Waals surface area contributed by atoms with Crippen molar-refractivity contribution in [2.24, 2.45) is 0 Å². The summed E-state index contributed by atoms with van der Waals surface area (Å²) in [4.78, 5) is 13.8. The van der Waals surface area contributed by atoms with Crippen LogP contribution in [0.1, 0.15) is 36.9 Å². The molecule has 19 heavy (non-hydrogen) atoms. The molecule has 5 heteroatoms. The Bertz CT molecular complexity index is 386. The number of methoxy groups -OCH3 is 1. The van der Waals surface area contributed by atoms with Crippen LogP contribution in [0.25, 0.3) is 0 Å². The van der Waals surface area contributed by atoms with Gasteiger partial charge in [-0.15, -0.1) is 0 Å². The van der Waals surface area contributed by atoms with E-state index >= 15 is 0 Å². The topological polar surface area (TPSA) is 54.7 Å². The average Bonchev–Trinajstić information content (AvgIpc) is 2.90. The Morgan fingerprint density at radius 2 is 2.16 bits per heavy atom. The molecule has 0 aliphatic rings. The van der Waals surface area contributed by atoms with Crippen LogP contribution >= 0.6 is 0 Å². The standard InChI is InChI=1S/C14H24N2O3/c1-5-16(6-2)10-11(3)15-9-12-7-8-19-13(12)14(17)18-4/h7-8,11,15H,5-6,9-10H2,1-4H3. The van der Waals surface area contributed by atoms with Gasteiger partial charge in [0.1, 0.15) is 0 Å². The number of carbonyl (C=O) groups is 1. The molecule has 0 aliphatic carbocycles. The zero-order valence-corrected chi connectivity index (χ0v) is 12.2. The van der Waals surface area contributed by atoms with Crippen molar-refractivity contribution in [2.45, 2.75) is 33.4 Å². The zero-order valence-electron chi connectivity index (χ0n) is 12.2. The number of esters is 1. The number of nitrogens with zero attached hydrogens (tertiary/aromatic N) is 1. The summed E-state index contributed by atoms with van der Waals surface area (Å²) < 4.78 is 9.82. The molecule has 1 atom stereocenters. The molecule has 1 rings (SSSR count). The molecule has 0 aromatic carbocycles. The summed E-state index contributed by atoms with van der Waals surface area (Å²) in [6, 6.07) is 2.14. The Kier molecular flexibility index (Phi) is 6.59. The van der Waals surface area contributed by atoms with Gasteiger partial charge in [-0.05, 0) is 26.1 Å². The summed E-state index contributed by atoms with van der Waals surface area (Å²) in [5.74, 6) is -0.150. The maximum Gasteiger partial charge on any atom is 0.374 e. The predicted octanol–water partition coefficient (Wildman–Crippen LogP) is 1.89. The maximum absolute atomic E-state index is 11.5. The fraction of sp³-hybridized carbons (Fsp3) is 0.643. The summed E-state index contributed by atoms with van der Waals surface area (Å²) in [5.41, 5.74) is 0.832. The van der Waals surface area contributed by atoms with Crippen LogP contribution < -0.4 is 5.32 Å². The molecule has 0 spiro atoms. The van der Waals surface area contributed by atoms with Crippen molar-refractivity contribution in [3.05, 3.63) is 23.7 Å². The van der Waals surface area contributed by atoms with E-state index in [4.69, 9.17) is 4.42 Å². The highest BCUT2D eigenvalue weighted by Crippen LogP contribution is 2.11. The fourth-order valence-corrected chi connectivity index (χ4v) is 1.96. The molecule has 0 radical (unpaired) electrons. The van der Waals surface area contributed by atoms with Crippen molar-refractivity contribution in [2.75, 3.05) is 26.7 Å². The van der Waals surface area contributed by atoms with Crippen LogP contribution in [0, 0.1) is 0 Å². The van der Waals surface area contributed by atoms with E-state index in [0.29, 0.717) is 12.6 Å². The van der Waals surface area contributed by atoms with Crippen LogP contribution in [0.15, 0.2) is 16.7 Å². The normalized spacial score (nSPS) is 12.7. The Balaban J connectivity index is 2.48. The monoisotopic (exact) mass is 268 g/mol. The molecule has 0 amide bonds. The van der Waals surface area contributed by atoms with Gasteiger partial charge in [0.2, 0.25) is 5.76 Å². The van der Waals surface area contributed by atoms with Crippen LogP contribution in [0.3, 0.4) is 0 Å². The largest absolute Gasteiger partial charge is 0.463 e. The molecule has 1 N–H and O–H groups in total. The van der Waals surface area contributed by atoms with Crippen LogP contribution in [0.5, 0.6) is 0 Å². The second-order valence-electron chi connectivity index (χ2n) is 4.53. The maximum atomic E-state index is 11.5. The minimum absolute atomic E-state index is 0.282. The first-order valence-electron chi connectivity index (χ1n) is 6.72. The molecule has 1 aromatic rings. The third kappa shape index (κ3) is 4.69. The van der Waals surface area contributed by atoms with Gasteiger partial charge in [0.05, 0.1) is 13.4 Å². The van der Waals surface area contributed by atoms with Crippen LogP contribution in [-0.4, -0.2) is 43.7 Å². The second kappa shape index (κ2) is 7.96. The lowest BCUT2D eigenvalue weighted by Crippen LogP contribution is -2.38. The van der Waals surface area contributed by atoms with E-state index in [9.17, 15) is 4.79 Å². The zero-order chi connectivity index (χ0) is 14.3. The number of hydrogen-bond acceptors (Lipinski definition) is 5. The minimum Gasteiger partial charge on any atom is -0.463 e. The van der Waals surface area contributed by atoms with E-state index in [0.717, 1.165) is 25.2 Å². The van der Waals surface area contributed by atoms with Crippen LogP contribution in [0.4, 0.5) is 0 Å². The summed E-state index contributed by atoms with van der Waals surface area (Å²) in [6.45, 7) is 10.1. The average molecular weight is 268 g/mol. The van der Waals surface area contributed by atoms with E-state index in [-0.39, 0.29) is 5.76 Å². The number of ether oxygens (including phenoxy) is 1. The first-order valence-corrected chi connectivity index (χ1v) is 6.72. The SMILES string of the molecule is CCN(CC)CC(C)NCc1ccoc1C(=O)OC. The van der Waals surface area contributed by atoms with Crippen molar-refractivity contribution in [3.8, 4) is 0 Å². The van der Waals surface area contributed by atoms with E-state index < -0.39 is 5.97 Å². The molecule has 0 bridgehead atoms. The lowest BCUT2D eigenvalue weighted by Gasteiger charge is -2.23. The Labute approximate surface area is 114 Å². The van der Waals surface area contributed by atoms with Gasteiger partial charge in [0.25, 0.3) is 0 Å². The third-order valence-electron chi connectivity index (χ3n) is 3.19. The number of nitrogens with one attached hydrogen (secondary N) is 1. The fourth-order valence-electron chi connectivity index (χ4n) is 1.96. The number of likely N-dealkylation sites (N-methyl/N-ethyl adjacent to an activating group) is 1. The van der Waals surface area contributed by atoms with Gasteiger partial charge in [-0.1, -0.05) is 13.8 Å². The lowest BCUT2D eigenvalue weighted by atomic mass is 10.2. The molecule has 0 saturated carbocycles. The summed E-state index contributed by atoms with van der Waals surface area (Å²) >= 11 is 0. The second-order valence-corrected chi connectivity index (χ2v) is 4.53. The van der Waals surface area contributed by atoms with E-state index in [1.807, 2.05) is 0 Å². The molecule has 1 aromatic heterocycles. The van der Waals surface area contributed by atoms with Gasteiger partial charge >= 0.3 is 5.97 Å². The molecule has 5 nitrogen and oxygen atoms in total. The molecule has 1 heterocycles. The first-order chi connectivity index (χ1) is 9.12. The molecule has 0 saturated heterocycles. The Hall–Kier alpha value is -1.33. The van der Waals surface area contributed by atoms with Gasteiger partial charge < -0.3 is 19.4 Å². The third-order valence-corrected chi connectivity index (χ3v) is 3.19. The van der Waals surface area contributed by atoms with Crippen molar-refractivity contribution < 1.29 is 13.9 Å². The summed E-state index contributed by atoms with van der Waals surface area (Å²) in [6.07, 6.45) is 1.51. The predicted molar refractivity (Wildman–Crippen MR) is 74.1 cm³/mol. The number of rotatable bonds is 8. The minimum atomic E-state index is -0.432. The van der Waals surface area contributed by atoms with E-state index in [2.05, 4.69) is 35.7 Å². The van der Waals surface area contributed by atoms with Crippen molar-refractivity contribution in [1.82, 2.24) is 10.2 Å². The van der Waals surface area contributed by atoms with Gasteiger partial charge in [-0.25, -0.2) is 4.79 Å². The highest BCUT2D eigenvalue weighted by molar-refractivity contribution is 5.87. The summed E-state index contributed by atoms with van der Waals surface area (Å²) in [5, 5.41) is 3.39. The van der Waals surface area contributed by atoms with Crippen LogP contribution in [-0.2, 0) is 11.3 Å². The van der Waals surface area contributed by atoms with Gasteiger partial charge in [0, 0.05) is 24.7 Å². The number of furan rings is 1. The van der Waals surface area contributed by atoms with Crippen molar-refractivity contribution in [1.29, 1.82) is 0 Å². The van der Waals surface area contributed by atoms with E-state index in [1.165, 1.54) is 13.4 Å². The highest BCUT2D eigenvalue weighted by Gasteiger charge is 2.16. The molecule has 1 unspecified atom stereocenters. The molecule has 108 valence electrons. The molecule has 0 aliphatic heterocycles. The number of hydrogen-bond donors (Lipinski definition) is 1. The lowest BCUT2D eigenvalue weighted by molar-refractivity contribution is 0.0563. The van der Waals surface area contributed by atoms with Crippen molar-refractivity contribution >= 4 is 5.97 Å². The van der Waals surface area contributed by atoms with Crippen LogP contribution in [0.2, 0.25) is 0 Å². The Morgan fingerprint density at radius 1 is 1.47 bits per heavy atom. The smallest absolute Gasteiger partial charge is 0.374 e. The van der Waals surface area contributed by atoms with Gasteiger partial charge in [-0.2, -0.15) is 0 Å².